The van der Waals surface area contributed by atoms with Gasteiger partial charge in [-0.1, -0.05) is 12.7 Å². The zero-order valence-electron chi connectivity index (χ0n) is 8.17. The minimum atomic E-state index is -0.332. The number of amides is 1. The molecule has 1 aliphatic rings. The Morgan fingerprint density at radius 2 is 2.38 bits per heavy atom. The van der Waals surface area contributed by atoms with Gasteiger partial charge >= 0.3 is 0 Å². The van der Waals surface area contributed by atoms with Gasteiger partial charge in [-0.2, -0.15) is 0 Å². The minimum Gasteiger partial charge on any atom is -0.370 e. The van der Waals surface area contributed by atoms with Crippen LogP contribution in [-0.2, 0) is 9.59 Å². The van der Waals surface area contributed by atoms with Crippen molar-refractivity contribution in [2.24, 2.45) is 5.73 Å². The number of hydrogen-bond donors (Lipinski definition) is 1. The first-order chi connectivity index (χ1) is 6.63. The molecule has 0 aromatic carbocycles. The Balaban J connectivity index is 2.51. The third-order valence-electron chi connectivity index (χ3n) is 1.77. The number of carbonyl (C=O) groups is 2. The summed E-state index contributed by atoms with van der Waals surface area (Å²) in [5.74, 6) is -0.430. The molecule has 0 fully saturated rings. The minimum absolute atomic E-state index is 0.0984. The normalized spacial score (nSPS) is 16.6. The van der Waals surface area contributed by atoms with Crippen molar-refractivity contribution in [3.05, 3.63) is 36.0 Å². The van der Waals surface area contributed by atoms with Crippen molar-refractivity contribution in [3.8, 4) is 0 Å². The molecule has 0 aromatic rings. The number of ketones is 1. The molecule has 0 atom stereocenters. The van der Waals surface area contributed by atoms with Crippen LogP contribution in [0.2, 0.25) is 1.41 Å². The van der Waals surface area contributed by atoms with Crippen molar-refractivity contribution in [2.75, 3.05) is 0 Å². The van der Waals surface area contributed by atoms with Gasteiger partial charge in [-0.15, -0.1) is 0 Å². The first-order valence-electron chi connectivity index (χ1n) is 4.46. The van der Waals surface area contributed by atoms with E-state index in [2.05, 4.69) is 6.58 Å². The van der Waals surface area contributed by atoms with E-state index < -0.39 is 0 Å². The molecule has 0 saturated carbocycles. The zero-order valence-corrected chi connectivity index (χ0v) is 7.17. The van der Waals surface area contributed by atoms with Gasteiger partial charge in [0.2, 0.25) is 5.91 Å². The first kappa shape index (κ1) is 7.98. The standard InChI is InChI=1S/C10H11NO2/c1-7-6-8(2-4-9(7)12)3-5-10(11)13/h2,4,6H,1,3,5H2,(H2,11,13)/i/hT. The van der Waals surface area contributed by atoms with Crippen LogP contribution in [0.15, 0.2) is 36.0 Å². The van der Waals surface area contributed by atoms with Gasteiger partial charge in [-0.05, 0) is 24.1 Å². The average Bonchev–Trinajstić information content (AvgIpc) is 2.19. The molecule has 3 heteroatoms. The Morgan fingerprint density at radius 1 is 1.62 bits per heavy atom. The van der Waals surface area contributed by atoms with E-state index in [4.69, 9.17) is 1.41 Å². The van der Waals surface area contributed by atoms with Crippen molar-refractivity contribution in [1.29, 1.82) is 0 Å². The first-order valence-corrected chi connectivity index (χ1v) is 3.96. The molecule has 1 rings (SSSR count). The van der Waals surface area contributed by atoms with E-state index in [1.165, 1.54) is 6.08 Å². The lowest BCUT2D eigenvalue weighted by molar-refractivity contribution is -0.118. The van der Waals surface area contributed by atoms with Crippen LogP contribution in [0, 0.1) is 0 Å². The van der Waals surface area contributed by atoms with Gasteiger partial charge in [0.05, 0.1) is 0 Å². The fourth-order valence-corrected chi connectivity index (χ4v) is 1.05. The molecule has 2 N–H and O–H groups in total. The Kier molecular flexibility index (Phi) is 2.36. The number of hydrogen-bond acceptors (Lipinski definition) is 2. The molecule has 0 bridgehead atoms. The molecule has 13 heavy (non-hydrogen) atoms. The molecule has 0 heterocycles. The summed E-state index contributed by atoms with van der Waals surface area (Å²) in [4.78, 5) is 21.8. The maximum Gasteiger partial charge on any atom is 0.217 e. The Hall–Kier alpha value is -1.64. The molecule has 0 spiro atoms. The zero-order chi connectivity index (χ0) is 10.6. The maximum atomic E-state index is 11.0. The molecule has 0 aliphatic heterocycles. The number of primary amides is 1. The highest BCUT2D eigenvalue weighted by Gasteiger charge is 2.07. The van der Waals surface area contributed by atoms with Gasteiger partial charge in [-0.25, -0.2) is 0 Å². The lowest BCUT2D eigenvalue weighted by Crippen LogP contribution is -2.10. The summed E-state index contributed by atoms with van der Waals surface area (Å²) in [7, 11) is 0. The predicted octanol–water partition coefficient (Wildman–Crippen LogP) is 0.873. The van der Waals surface area contributed by atoms with E-state index in [0.29, 0.717) is 12.0 Å². The summed E-state index contributed by atoms with van der Waals surface area (Å²) in [6, 6.07) is 0. The van der Waals surface area contributed by atoms with Crippen molar-refractivity contribution in [3.63, 3.8) is 0 Å². The van der Waals surface area contributed by atoms with Gasteiger partial charge in [0.25, 0.3) is 0 Å². The summed E-state index contributed by atoms with van der Waals surface area (Å²) in [6.45, 7) is 3.58. The number of nitrogens with two attached hydrogens (primary N) is 1. The molecule has 1 amide bonds. The van der Waals surface area contributed by atoms with Crippen LogP contribution in [-0.4, -0.2) is 11.7 Å². The summed E-state index contributed by atoms with van der Waals surface area (Å²) < 4.78 is 6.59. The van der Waals surface area contributed by atoms with E-state index in [0.717, 1.165) is 5.57 Å². The van der Waals surface area contributed by atoms with Crippen molar-refractivity contribution in [2.45, 2.75) is 12.8 Å². The second-order valence-corrected chi connectivity index (χ2v) is 2.87. The van der Waals surface area contributed by atoms with Crippen LogP contribution >= 0.6 is 0 Å². The number of carbonyl (C=O) groups excluding carboxylic acids is 2. The molecule has 0 unspecified atom stereocenters. The van der Waals surface area contributed by atoms with Crippen LogP contribution in [0.4, 0.5) is 0 Å². The Morgan fingerprint density at radius 3 is 3.00 bits per heavy atom. The summed E-state index contributed by atoms with van der Waals surface area (Å²) in [6.07, 6.45) is 5.55. The third kappa shape index (κ3) is 2.71. The van der Waals surface area contributed by atoms with E-state index in [1.807, 2.05) is 0 Å². The molecule has 1 aliphatic carbocycles. The quantitative estimate of drug-likeness (QED) is 0.653. The van der Waals surface area contributed by atoms with E-state index in [-0.39, 0.29) is 18.1 Å². The van der Waals surface area contributed by atoms with E-state index >= 15 is 0 Å². The largest absolute Gasteiger partial charge is 0.370 e. The highest BCUT2D eigenvalue weighted by Crippen LogP contribution is 2.15. The van der Waals surface area contributed by atoms with Gasteiger partial charge in [0, 0.05) is 12.0 Å². The Bertz CT molecular complexity index is 342. The maximum absolute atomic E-state index is 11.0. The average molecular weight is 179 g/mol. The van der Waals surface area contributed by atoms with Gasteiger partial charge in [-0.3, -0.25) is 9.59 Å². The number of allylic oxidation sites excluding steroid dienone is 5. The summed E-state index contributed by atoms with van der Waals surface area (Å²) in [5, 5.41) is 0. The molecule has 0 aromatic heterocycles. The van der Waals surface area contributed by atoms with Gasteiger partial charge in [0.15, 0.2) is 7.20 Å². The van der Waals surface area contributed by atoms with Crippen LogP contribution in [0.3, 0.4) is 0 Å². The van der Waals surface area contributed by atoms with Crippen molar-refractivity contribution >= 4 is 11.7 Å². The molecular weight excluding hydrogens is 166 g/mol. The second kappa shape index (κ2) is 3.85. The fourth-order valence-electron chi connectivity index (χ4n) is 1.05. The lowest BCUT2D eigenvalue weighted by atomic mass is 9.99. The van der Waals surface area contributed by atoms with Crippen molar-refractivity contribution < 1.29 is 11.0 Å². The van der Waals surface area contributed by atoms with Crippen LogP contribution in [0.1, 0.15) is 12.8 Å². The van der Waals surface area contributed by atoms with Crippen LogP contribution in [0.5, 0.6) is 0 Å². The topological polar surface area (TPSA) is 60.2 Å². The van der Waals surface area contributed by atoms with Crippen molar-refractivity contribution in [1.82, 2.24) is 0 Å². The highest BCUT2D eigenvalue weighted by molar-refractivity contribution is 6.07. The molecular formula is C10H11NO2. The summed E-state index contributed by atoms with van der Waals surface area (Å²) in [5.41, 5.74) is 3.12. The molecule has 0 saturated heterocycles. The van der Waals surface area contributed by atoms with Crippen LogP contribution < -0.4 is 5.73 Å². The van der Waals surface area contributed by atoms with Crippen LogP contribution in [0.25, 0.3) is 0 Å². The molecule has 68 valence electrons. The van der Waals surface area contributed by atoms with Gasteiger partial charge < -0.3 is 5.73 Å². The Labute approximate surface area is 78.1 Å². The lowest BCUT2D eigenvalue weighted by Gasteiger charge is -2.06. The highest BCUT2D eigenvalue weighted by atomic mass is 16.1. The number of rotatable bonds is 3. The second-order valence-electron chi connectivity index (χ2n) is 2.87. The summed E-state index contributed by atoms with van der Waals surface area (Å²) >= 11 is 0. The predicted molar refractivity (Wildman–Crippen MR) is 49.8 cm³/mol. The monoisotopic (exact) mass is 179 g/mol. The van der Waals surface area contributed by atoms with E-state index in [9.17, 15) is 9.59 Å². The van der Waals surface area contributed by atoms with E-state index in [1.54, 1.807) is 17.9 Å². The SMILES string of the molecule is [3H]NC(=O)CCC1=CC(=C)C(=O)C=C1. The molecule has 3 nitrogen and oxygen atoms in total. The fraction of sp³-hybridized carbons (Fsp3) is 0.200. The third-order valence-corrected chi connectivity index (χ3v) is 1.77. The smallest absolute Gasteiger partial charge is 0.217 e. The molecule has 0 radical (unpaired) electrons. The van der Waals surface area contributed by atoms with Gasteiger partial charge in [0.1, 0.15) is 0 Å².